The quantitative estimate of drug-likeness (QED) is 0.667. The fourth-order valence-corrected chi connectivity index (χ4v) is 2.42. The molecule has 2 aliphatic rings. The molecule has 0 aliphatic carbocycles. The zero-order valence-corrected chi connectivity index (χ0v) is 7.88. The number of piperidine rings is 2. The lowest BCUT2D eigenvalue weighted by molar-refractivity contribution is -0.146. The first-order valence-corrected chi connectivity index (χ1v) is 4.94. The van der Waals surface area contributed by atoms with E-state index in [0.29, 0.717) is 24.9 Å². The molecular formula is C9H14F2N2O. The summed E-state index contributed by atoms with van der Waals surface area (Å²) in [4.78, 5) is 12.4. The van der Waals surface area contributed by atoms with Crippen LogP contribution < -0.4 is 5.32 Å². The van der Waals surface area contributed by atoms with Crippen molar-refractivity contribution >= 4 is 5.91 Å². The minimum atomic E-state index is -2.85. The summed E-state index contributed by atoms with van der Waals surface area (Å²) in [5.41, 5.74) is 0. The molecule has 2 unspecified atom stereocenters. The molecule has 0 aromatic heterocycles. The second-order valence-corrected chi connectivity index (χ2v) is 4.17. The van der Waals surface area contributed by atoms with E-state index in [0.717, 1.165) is 19.5 Å². The Labute approximate surface area is 81.4 Å². The maximum Gasteiger partial charge on any atom is 0.315 e. The molecule has 2 heterocycles. The van der Waals surface area contributed by atoms with Crippen LogP contribution in [0.1, 0.15) is 6.42 Å². The zero-order valence-electron chi connectivity index (χ0n) is 7.88. The van der Waals surface area contributed by atoms with Crippen LogP contribution in [0.15, 0.2) is 0 Å². The van der Waals surface area contributed by atoms with E-state index < -0.39 is 12.3 Å². The fraction of sp³-hybridized carbons (Fsp3) is 0.889. The maximum absolute atomic E-state index is 12.2. The number of alkyl halides is 2. The lowest BCUT2D eigenvalue weighted by Crippen LogP contribution is -2.53. The number of hydrogen-bond acceptors (Lipinski definition) is 2. The molecule has 0 spiro atoms. The van der Waals surface area contributed by atoms with Crippen molar-refractivity contribution in [2.45, 2.75) is 12.8 Å². The summed E-state index contributed by atoms with van der Waals surface area (Å²) >= 11 is 0. The highest BCUT2D eigenvalue weighted by atomic mass is 19.3. The number of nitrogens with zero attached hydrogens (tertiary/aromatic N) is 1. The summed E-state index contributed by atoms with van der Waals surface area (Å²) in [5, 5.41) is 3.25. The van der Waals surface area contributed by atoms with Gasteiger partial charge in [-0.1, -0.05) is 0 Å². The van der Waals surface area contributed by atoms with Crippen LogP contribution in [0.5, 0.6) is 0 Å². The van der Waals surface area contributed by atoms with Gasteiger partial charge < -0.3 is 10.2 Å². The number of hydrogen-bond donors (Lipinski definition) is 1. The SMILES string of the molecule is O=C(C(F)F)N1CC2CNCC(C2)C1. The van der Waals surface area contributed by atoms with Crippen LogP contribution in [0.3, 0.4) is 0 Å². The number of carbonyl (C=O) groups is 1. The van der Waals surface area contributed by atoms with Crippen molar-refractivity contribution in [1.29, 1.82) is 0 Å². The molecule has 80 valence electrons. The summed E-state index contributed by atoms with van der Waals surface area (Å²) in [7, 11) is 0. The van der Waals surface area contributed by atoms with Gasteiger partial charge in [0.2, 0.25) is 0 Å². The van der Waals surface area contributed by atoms with Crippen molar-refractivity contribution in [1.82, 2.24) is 10.2 Å². The standard InChI is InChI=1S/C9H14F2N2O/c10-8(11)9(14)13-4-6-1-7(5-13)3-12-2-6/h6-8,12H,1-5H2. The first kappa shape index (κ1) is 9.83. The molecule has 2 atom stereocenters. The third kappa shape index (κ3) is 1.87. The molecule has 0 radical (unpaired) electrons. The van der Waals surface area contributed by atoms with Gasteiger partial charge in [0.25, 0.3) is 5.91 Å². The highest BCUT2D eigenvalue weighted by Crippen LogP contribution is 2.25. The molecule has 0 saturated carbocycles. The molecule has 2 bridgehead atoms. The Bertz CT molecular complexity index is 223. The molecule has 0 aromatic rings. The third-order valence-corrected chi connectivity index (χ3v) is 2.99. The highest BCUT2D eigenvalue weighted by molar-refractivity contribution is 5.79. The van der Waals surface area contributed by atoms with Crippen molar-refractivity contribution in [2.75, 3.05) is 26.2 Å². The van der Waals surface area contributed by atoms with Crippen LogP contribution >= 0.6 is 0 Å². The number of fused-ring (bicyclic) bond motifs is 2. The molecular weight excluding hydrogens is 190 g/mol. The Hall–Kier alpha value is -0.710. The number of carbonyl (C=O) groups excluding carboxylic acids is 1. The Morgan fingerprint density at radius 1 is 1.29 bits per heavy atom. The Balaban J connectivity index is 1.98. The van der Waals surface area contributed by atoms with Crippen LogP contribution in [0.25, 0.3) is 0 Å². The largest absolute Gasteiger partial charge is 0.337 e. The van der Waals surface area contributed by atoms with E-state index in [-0.39, 0.29) is 0 Å². The lowest BCUT2D eigenvalue weighted by atomic mass is 9.86. The van der Waals surface area contributed by atoms with E-state index in [1.54, 1.807) is 0 Å². The van der Waals surface area contributed by atoms with Gasteiger partial charge >= 0.3 is 6.43 Å². The molecule has 14 heavy (non-hydrogen) atoms. The van der Waals surface area contributed by atoms with Gasteiger partial charge in [0.15, 0.2) is 0 Å². The third-order valence-electron chi connectivity index (χ3n) is 2.99. The topological polar surface area (TPSA) is 32.3 Å². The van der Waals surface area contributed by atoms with E-state index in [1.165, 1.54) is 4.90 Å². The number of likely N-dealkylation sites (tertiary alicyclic amines) is 1. The molecule has 2 saturated heterocycles. The smallest absolute Gasteiger partial charge is 0.315 e. The van der Waals surface area contributed by atoms with E-state index in [9.17, 15) is 13.6 Å². The average molecular weight is 204 g/mol. The van der Waals surface area contributed by atoms with Crippen molar-refractivity contribution in [3.8, 4) is 0 Å². The molecule has 2 rings (SSSR count). The Morgan fingerprint density at radius 3 is 2.36 bits per heavy atom. The van der Waals surface area contributed by atoms with Gasteiger partial charge in [0.05, 0.1) is 0 Å². The number of halogens is 2. The second kappa shape index (κ2) is 3.81. The fourth-order valence-electron chi connectivity index (χ4n) is 2.42. The summed E-state index contributed by atoms with van der Waals surface area (Å²) in [6, 6.07) is 0. The summed E-state index contributed by atoms with van der Waals surface area (Å²) < 4.78 is 24.4. The van der Waals surface area contributed by atoms with E-state index in [2.05, 4.69) is 5.32 Å². The molecule has 3 nitrogen and oxygen atoms in total. The van der Waals surface area contributed by atoms with Gasteiger partial charge in [-0.3, -0.25) is 4.79 Å². The van der Waals surface area contributed by atoms with Gasteiger partial charge in [-0.2, -0.15) is 8.78 Å². The second-order valence-electron chi connectivity index (χ2n) is 4.17. The summed E-state index contributed by atoms with van der Waals surface area (Å²) in [6.45, 7) is 2.69. The monoisotopic (exact) mass is 204 g/mol. The van der Waals surface area contributed by atoms with E-state index in [4.69, 9.17) is 0 Å². The molecule has 0 aromatic carbocycles. The summed E-state index contributed by atoms with van der Waals surface area (Å²) in [5.74, 6) is -0.267. The van der Waals surface area contributed by atoms with Gasteiger partial charge in [-0.15, -0.1) is 0 Å². The molecule has 1 amide bonds. The van der Waals surface area contributed by atoms with Crippen LogP contribution in [0.2, 0.25) is 0 Å². The van der Waals surface area contributed by atoms with Crippen molar-refractivity contribution < 1.29 is 13.6 Å². The molecule has 5 heteroatoms. The first-order valence-electron chi connectivity index (χ1n) is 4.94. The first-order chi connectivity index (χ1) is 6.66. The molecule has 2 aliphatic heterocycles. The van der Waals surface area contributed by atoms with Crippen LogP contribution in [-0.2, 0) is 4.79 Å². The van der Waals surface area contributed by atoms with Gasteiger partial charge in [0, 0.05) is 13.1 Å². The normalized spacial score (nSPS) is 32.1. The van der Waals surface area contributed by atoms with Crippen molar-refractivity contribution in [3.05, 3.63) is 0 Å². The maximum atomic E-state index is 12.2. The lowest BCUT2D eigenvalue weighted by Gasteiger charge is -2.41. The Morgan fingerprint density at radius 2 is 1.86 bits per heavy atom. The van der Waals surface area contributed by atoms with Gasteiger partial charge in [-0.25, -0.2) is 0 Å². The van der Waals surface area contributed by atoms with E-state index >= 15 is 0 Å². The average Bonchev–Trinajstić information content (AvgIpc) is 2.15. The molecule has 2 fully saturated rings. The zero-order chi connectivity index (χ0) is 10.1. The number of nitrogens with one attached hydrogen (secondary N) is 1. The Kier molecular flexibility index (Phi) is 2.67. The van der Waals surface area contributed by atoms with Crippen molar-refractivity contribution in [3.63, 3.8) is 0 Å². The van der Waals surface area contributed by atoms with E-state index in [1.807, 2.05) is 0 Å². The number of amides is 1. The minimum absolute atomic E-state index is 0.366. The predicted molar refractivity (Wildman–Crippen MR) is 47.1 cm³/mol. The highest BCUT2D eigenvalue weighted by Gasteiger charge is 2.34. The van der Waals surface area contributed by atoms with Gasteiger partial charge in [0.1, 0.15) is 0 Å². The van der Waals surface area contributed by atoms with Gasteiger partial charge in [-0.05, 0) is 31.3 Å². The number of rotatable bonds is 1. The summed E-state index contributed by atoms with van der Waals surface area (Å²) in [6.07, 6.45) is -1.78. The minimum Gasteiger partial charge on any atom is -0.337 e. The van der Waals surface area contributed by atoms with Crippen molar-refractivity contribution in [2.24, 2.45) is 11.8 Å². The van der Waals surface area contributed by atoms with Crippen LogP contribution in [0.4, 0.5) is 8.78 Å². The molecule has 1 N–H and O–H groups in total. The van der Waals surface area contributed by atoms with Crippen LogP contribution in [0, 0.1) is 11.8 Å². The predicted octanol–water partition coefficient (Wildman–Crippen LogP) is 0.319. The van der Waals surface area contributed by atoms with Crippen LogP contribution in [-0.4, -0.2) is 43.4 Å².